The molecule has 0 spiro atoms. The summed E-state index contributed by atoms with van der Waals surface area (Å²) in [7, 11) is 0. The number of hydrogen-bond acceptors (Lipinski definition) is 6. The zero-order valence-electron chi connectivity index (χ0n) is 10.2. The second-order valence-electron chi connectivity index (χ2n) is 3.95. The highest BCUT2D eigenvalue weighted by Crippen LogP contribution is 2.31. The smallest absolute Gasteiger partial charge is 0.308 e. The van der Waals surface area contributed by atoms with Crippen molar-refractivity contribution in [1.29, 1.82) is 0 Å². The van der Waals surface area contributed by atoms with Gasteiger partial charge in [0.25, 0.3) is 0 Å². The normalized spacial score (nSPS) is 10.6. The molecule has 0 atom stereocenters. The Labute approximate surface area is 122 Å². The SMILES string of the molecule is O=C(O)Cc1ccc(-c2csc(-c3ncccn3)n2)s1. The summed E-state index contributed by atoms with van der Waals surface area (Å²) in [5, 5.41) is 11.5. The van der Waals surface area contributed by atoms with Crippen molar-refractivity contribution in [1.82, 2.24) is 15.0 Å². The zero-order chi connectivity index (χ0) is 13.9. The monoisotopic (exact) mass is 303 g/mol. The number of nitrogens with zero attached hydrogens (tertiary/aromatic N) is 3. The van der Waals surface area contributed by atoms with Gasteiger partial charge in [-0.3, -0.25) is 4.79 Å². The van der Waals surface area contributed by atoms with Crippen molar-refractivity contribution in [2.75, 3.05) is 0 Å². The van der Waals surface area contributed by atoms with Gasteiger partial charge in [-0.05, 0) is 18.2 Å². The Bertz CT molecular complexity index is 737. The minimum Gasteiger partial charge on any atom is -0.481 e. The molecular weight excluding hydrogens is 294 g/mol. The lowest BCUT2D eigenvalue weighted by molar-refractivity contribution is -0.136. The van der Waals surface area contributed by atoms with Gasteiger partial charge in [-0.15, -0.1) is 22.7 Å². The van der Waals surface area contributed by atoms with Crippen LogP contribution in [0, 0.1) is 0 Å². The second kappa shape index (κ2) is 5.48. The molecule has 0 fully saturated rings. The predicted molar refractivity (Wildman–Crippen MR) is 77.8 cm³/mol. The highest BCUT2D eigenvalue weighted by molar-refractivity contribution is 7.16. The van der Waals surface area contributed by atoms with Crippen LogP contribution < -0.4 is 0 Å². The summed E-state index contributed by atoms with van der Waals surface area (Å²) in [6.45, 7) is 0. The van der Waals surface area contributed by atoms with Crippen molar-refractivity contribution >= 4 is 28.6 Å². The number of thiophene rings is 1. The van der Waals surface area contributed by atoms with Crippen molar-refractivity contribution in [3.8, 4) is 21.4 Å². The third kappa shape index (κ3) is 2.73. The Morgan fingerprint density at radius 3 is 2.80 bits per heavy atom. The van der Waals surface area contributed by atoms with Crippen molar-refractivity contribution < 1.29 is 9.90 Å². The molecule has 7 heteroatoms. The Balaban J connectivity index is 1.87. The third-order valence-electron chi connectivity index (χ3n) is 2.50. The molecule has 0 unspecified atom stereocenters. The van der Waals surface area contributed by atoms with Crippen LogP contribution in [-0.2, 0) is 11.2 Å². The van der Waals surface area contributed by atoms with Crippen LogP contribution in [0.1, 0.15) is 4.88 Å². The molecule has 0 amide bonds. The Morgan fingerprint density at radius 2 is 2.05 bits per heavy atom. The number of carbonyl (C=O) groups is 1. The van der Waals surface area contributed by atoms with E-state index in [9.17, 15) is 4.79 Å². The molecule has 0 aliphatic heterocycles. The lowest BCUT2D eigenvalue weighted by Crippen LogP contribution is -1.96. The maximum atomic E-state index is 10.7. The Kier molecular flexibility index (Phi) is 3.53. The average molecular weight is 303 g/mol. The van der Waals surface area contributed by atoms with Gasteiger partial charge in [0.05, 0.1) is 17.0 Å². The molecule has 3 aromatic rings. The molecule has 3 rings (SSSR count). The first-order valence-electron chi connectivity index (χ1n) is 5.76. The second-order valence-corrected chi connectivity index (χ2v) is 5.97. The summed E-state index contributed by atoms with van der Waals surface area (Å²) in [6, 6.07) is 5.48. The summed E-state index contributed by atoms with van der Waals surface area (Å²) < 4.78 is 0. The molecule has 3 aromatic heterocycles. The van der Waals surface area contributed by atoms with Crippen LogP contribution in [0.4, 0.5) is 0 Å². The molecule has 1 N–H and O–H groups in total. The van der Waals surface area contributed by atoms with Gasteiger partial charge < -0.3 is 5.11 Å². The number of aromatic nitrogens is 3. The van der Waals surface area contributed by atoms with Crippen LogP contribution in [0.2, 0.25) is 0 Å². The fourth-order valence-electron chi connectivity index (χ4n) is 1.66. The van der Waals surface area contributed by atoms with Crippen molar-refractivity contribution in [3.05, 3.63) is 40.8 Å². The maximum Gasteiger partial charge on any atom is 0.308 e. The molecule has 20 heavy (non-hydrogen) atoms. The molecule has 0 aromatic carbocycles. The quantitative estimate of drug-likeness (QED) is 0.802. The van der Waals surface area contributed by atoms with Crippen LogP contribution in [0.3, 0.4) is 0 Å². The standard InChI is InChI=1S/C13H9N3O2S2/c17-11(18)6-8-2-3-10(20-8)9-7-19-13(16-9)12-14-4-1-5-15-12/h1-5,7H,6H2,(H,17,18). The molecule has 0 saturated heterocycles. The fraction of sp³-hybridized carbons (Fsp3) is 0.0769. The van der Waals surface area contributed by atoms with E-state index in [2.05, 4.69) is 15.0 Å². The van der Waals surface area contributed by atoms with E-state index < -0.39 is 5.97 Å². The van der Waals surface area contributed by atoms with E-state index in [-0.39, 0.29) is 6.42 Å². The lowest BCUT2D eigenvalue weighted by atomic mass is 10.3. The van der Waals surface area contributed by atoms with E-state index in [4.69, 9.17) is 5.11 Å². The molecule has 0 aliphatic carbocycles. The minimum atomic E-state index is -0.824. The number of hydrogen-bond donors (Lipinski definition) is 1. The largest absolute Gasteiger partial charge is 0.481 e. The predicted octanol–water partition coefficient (Wildman–Crippen LogP) is 2.96. The first kappa shape index (κ1) is 12.9. The molecule has 5 nitrogen and oxygen atoms in total. The Morgan fingerprint density at radius 1 is 1.25 bits per heavy atom. The van der Waals surface area contributed by atoms with Gasteiger partial charge in [0.1, 0.15) is 0 Å². The van der Waals surface area contributed by atoms with E-state index in [1.807, 2.05) is 17.5 Å². The summed E-state index contributed by atoms with van der Waals surface area (Å²) in [5.41, 5.74) is 0.832. The van der Waals surface area contributed by atoms with Gasteiger partial charge in [0.2, 0.25) is 0 Å². The number of thiazole rings is 1. The van der Waals surface area contributed by atoms with E-state index in [1.54, 1.807) is 18.5 Å². The van der Waals surface area contributed by atoms with Crippen LogP contribution in [-0.4, -0.2) is 26.0 Å². The summed E-state index contributed by atoms with van der Waals surface area (Å²) in [5.74, 6) is -0.221. The molecule has 0 saturated carbocycles. The molecule has 0 bridgehead atoms. The van der Waals surface area contributed by atoms with Gasteiger partial charge in [0.15, 0.2) is 10.8 Å². The summed E-state index contributed by atoms with van der Waals surface area (Å²) in [6.07, 6.45) is 3.41. The molecular formula is C13H9N3O2S2. The van der Waals surface area contributed by atoms with Gasteiger partial charge in [-0.1, -0.05) is 0 Å². The topological polar surface area (TPSA) is 76.0 Å². The molecule has 0 aliphatic rings. The average Bonchev–Trinajstić information content (AvgIpc) is 3.07. The number of aliphatic carboxylic acids is 1. The van der Waals surface area contributed by atoms with E-state index >= 15 is 0 Å². The van der Waals surface area contributed by atoms with Crippen LogP contribution in [0.15, 0.2) is 36.0 Å². The summed E-state index contributed by atoms with van der Waals surface area (Å²) in [4.78, 5) is 25.3. The van der Waals surface area contributed by atoms with E-state index in [1.165, 1.54) is 22.7 Å². The summed E-state index contributed by atoms with van der Waals surface area (Å²) >= 11 is 2.92. The van der Waals surface area contributed by atoms with Gasteiger partial charge in [0, 0.05) is 22.7 Å². The van der Waals surface area contributed by atoms with Crippen LogP contribution in [0.5, 0.6) is 0 Å². The van der Waals surface area contributed by atoms with Crippen molar-refractivity contribution in [2.24, 2.45) is 0 Å². The molecule has 0 radical (unpaired) electrons. The van der Waals surface area contributed by atoms with Crippen molar-refractivity contribution in [3.63, 3.8) is 0 Å². The number of rotatable bonds is 4. The minimum absolute atomic E-state index is 0.0451. The third-order valence-corrected chi connectivity index (χ3v) is 4.45. The van der Waals surface area contributed by atoms with E-state index in [0.717, 1.165) is 20.5 Å². The van der Waals surface area contributed by atoms with E-state index in [0.29, 0.717) is 5.82 Å². The highest BCUT2D eigenvalue weighted by Gasteiger charge is 2.11. The first-order valence-corrected chi connectivity index (χ1v) is 7.46. The molecule has 100 valence electrons. The maximum absolute atomic E-state index is 10.7. The first-order chi connectivity index (χ1) is 9.72. The van der Waals surface area contributed by atoms with Crippen LogP contribution in [0.25, 0.3) is 21.4 Å². The van der Waals surface area contributed by atoms with Gasteiger partial charge in [-0.25, -0.2) is 15.0 Å². The van der Waals surface area contributed by atoms with Crippen molar-refractivity contribution in [2.45, 2.75) is 6.42 Å². The number of carboxylic acids is 1. The fourth-order valence-corrected chi connectivity index (χ4v) is 3.46. The highest BCUT2D eigenvalue weighted by atomic mass is 32.1. The van der Waals surface area contributed by atoms with Gasteiger partial charge >= 0.3 is 5.97 Å². The lowest BCUT2D eigenvalue weighted by Gasteiger charge is -1.92. The zero-order valence-corrected chi connectivity index (χ0v) is 11.8. The van der Waals surface area contributed by atoms with Gasteiger partial charge in [-0.2, -0.15) is 0 Å². The Hall–Kier alpha value is -2.12. The van der Waals surface area contributed by atoms with Crippen LogP contribution >= 0.6 is 22.7 Å². The number of carboxylic acid groups (broad SMARTS) is 1. The molecule has 3 heterocycles.